The first-order valence-electron chi connectivity index (χ1n) is 1.96. The Morgan fingerprint density at radius 3 is 2.71 bits per heavy atom. The molecule has 0 amide bonds. The summed E-state index contributed by atoms with van der Waals surface area (Å²) in [6, 6.07) is 0. The summed E-state index contributed by atoms with van der Waals surface area (Å²) in [7, 11) is 1.88. The largest absolute Gasteiger partial charge is 0.598 e. The van der Waals surface area contributed by atoms with Crippen molar-refractivity contribution in [3.63, 3.8) is 0 Å². The van der Waals surface area contributed by atoms with E-state index in [4.69, 9.17) is 0 Å². The van der Waals surface area contributed by atoms with Crippen LogP contribution in [0.5, 0.6) is 0 Å². The molecule has 2 N–H and O–H groups in total. The first kappa shape index (κ1) is 7.27. The minimum Gasteiger partial charge on any atom is -0.598 e. The third-order valence-corrected chi connectivity index (χ3v) is 0.435. The van der Waals surface area contributed by atoms with E-state index < -0.39 is 0 Å². The standard InChI is InChI=1S/C2H9N2O2P/c1-2-3-6-4(5)7/h3-4H,2,7H2,1H3. The maximum absolute atomic E-state index is 9.88. The zero-order chi connectivity index (χ0) is 5.70. The number of rotatable bonds is 3. The Bertz CT molecular complexity index is 42.7. The summed E-state index contributed by atoms with van der Waals surface area (Å²) in [5.41, 5.74) is 2.38. The smallest absolute Gasteiger partial charge is 0.109 e. The Labute approximate surface area is 44.6 Å². The Hall–Kier alpha value is 0.270. The SMILES string of the molecule is CCNO[NH+]([O-])P. The lowest BCUT2D eigenvalue weighted by molar-refractivity contribution is -0.952. The van der Waals surface area contributed by atoms with Crippen LogP contribution in [-0.2, 0) is 4.94 Å². The Morgan fingerprint density at radius 1 is 2.00 bits per heavy atom. The Balaban J connectivity index is 2.68. The van der Waals surface area contributed by atoms with Crippen molar-refractivity contribution in [3.8, 4) is 0 Å². The molecule has 0 spiro atoms. The molecule has 0 aromatic carbocycles. The fraction of sp³-hybridized carbons (Fsp3) is 1.00. The van der Waals surface area contributed by atoms with Crippen LogP contribution in [0, 0.1) is 5.21 Å². The zero-order valence-electron chi connectivity index (χ0n) is 4.10. The number of hydrogen-bond donors (Lipinski definition) is 2. The molecule has 0 aromatic heterocycles. The molecule has 0 saturated carbocycles. The molecule has 0 aliphatic heterocycles. The summed E-state index contributed by atoms with van der Waals surface area (Å²) < 4.78 is 0. The first-order valence-corrected chi connectivity index (χ1v) is 2.54. The molecule has 2 atom stereocenters. The highest BCUT2D eigenvalue weighted by Gasteiger charge is 1.80. The van der Waals surface area contributed by atoms with Gasteiger partial charge in [0.25, 0.3) is 0 Å². The van der Waals surface area contributed by atoms with Crippen molar-refractivity contribution in [3.05, 3.63) is 5.21 Å². The summed E-state index contributed by atoms with van der Waals surface area (Å²) in [5.74, 6) is 0. The molecule has 2 unspecified atom stereocenters. The first-order chi connectivity index (χ1) is 3.27. The molecule has 0 fully saturated rings. The fourth-order valence-electron chi connectivity index (χ4n) is 0.143. The van der Waals surface area contributed by atoms with Crippen LogP contribution in [0.3, 0.4) is 0 Å². The van der Waals surface area contributed by atoms with Crippen LogP contribution in [0.2, 0.25) is 0 Å². The number of hydroxylamine groups is 1. The number of hydrogen-bond acceptors (Lipinski definition) is 3. The quantitative estimate of drug-likeness (QED) is 0.360. The van der Waals surface area contributed by atoms with Gasteiger partial charge in [-0.25, -0.2) is 0 Å². The van der Waals surface area contributed by atoms with Gasteiger partial charge >= 0.3 is 0 Å². The number of quaternary nitrogens is 1. The second-order valence-corrected chi connectivity index (χ2v) is 1.39. The monoisotopic (exact) mass is 124 g/mol. The van der Waals surface area contributed by atoms with E-state index in [0.29, 0.717) is 6.54 Å². The summed E-state index contributed by atoms with van der Waals surface area (Å²) in [5, 5.41) is 9.88. The third-order valence-electron chi connectivity index (χ3n) is 0.317. The summed E-state index contributed by atoms with van der Waals surface area (Å²) in [6.45, 7) is 2.48. The van der Waals surface area contributed by atoms with Crippen molar-refractivity contribution < 1.29 is 9.94 Å². The van der Waals surface area contributed by atoms with Gasteiger partial charge in [-0.05, 0) is 0 Å². The van der Waals surface area contributed by atoms with E-state index in [-0.39, 0.29) is 5.00 Å². The van der Waals surface area contributed by atoms with E-state index in [1.807, 2.05) is 16.3 Å². The highest BCUT2D eigenvalue weighted by atomic mass is 31.0. The lowest BCUT2D eigenvalue weighted by atomic mass is 10.8. The van der Waals surface area contributed by atoms with Crippen LogP contribution < -0.4 is 10.5 Å². The van der Waals surface area contributed by atoms with Crippen LogP contribution in [0.4, 0.5) is 0 Å². The molecule has 0 heterocycles. The molecule has 0 aliphatic rings. The van der Waals surface area contributed by atoms with E-state index in [9.17, 15) is 5.21 Å². The molecular formula is C2H9N2O2P. The van der Waals surface area contributed by atoms with Gasteiger partial charge in [-0.2, -0.15) is 5.00 Å². The van der Waals surface area contributed by atoms with Crippen molar-refractivity contribution >= 4 is 9.39 Å². The van der Waals surface area contributed by atoms with Crippen molar-refractivity contribution in [1.82, 2.24) is 5.48 Å². The average Bonchev–Trinajstić information content (AvgIpc) is 1.61. The summed E-state index contributed by atoms with van der Waals surface area (Å²) in [6.07, 6.45) is 0. The molecule has 0 bridgehead atoms. The van der Waals surface area contributed by atoms with Crippen molar-refractivity contribution in [2.24, 2.45) is 0 Å². The molecule has 0 rings (SSSR count). The van der Waals surface area contributed by atoms with E-state index in [2.05, 4.69) is 10.4 Å². The van der Waals surface area contributed by atoms with Gasteiger partial charge in [0, 0.05) is 6.54 Å². The minimum absolute atomic E-state index is 0.387. The Morgan fingerprint density at radius 2 is 2.57 bits per heavy atom. The van der Waals surface area contributed by atoms with Gasteiger partial charge in [0.15, 0.2) is 0 Å². The van der Waals surface area contributed by atoms with Gasteiger partial charge in [0.2, 0.25) is 0 Å². The Kier molecular flexibility index (Phi) is 4.60. The normalized spacial score (nSPS) is 14.1. The fourth-order valence-corrected chi connectivity index (χ4v) is 0.227. The van der Waals surface area contributed by atoms with Crippen LogP contribution in [0.25, 0.3) is 0 Å². The molecule has 0 radical (unpaired) electrons. The molecule has 5 heteroatoms. The average molecular weight is 124 g/mol. The van der Waals surface area contributed by atoms with Crippen molar-refractivity contribution in [1.29, 1.82) is 0 Å². The lowest BCUT2D eigenvalue weighted by Gasteiger charge is -2.10. The minimum atomic E-state index is -0.387. The number of nitrogens with one attached hydrogen (secondary N) is 2. The molecule has 0 saturated heterocycles. The molecular weight excluding hydrogens is 115 g/mol. The highest BCUT2D eigenvalue weighted by Crippen LogP contribution is 1.53. The summed E-state index contributed by atoms with van der Waals surface area (Å²) in [4.78, 5) is 3.88. The molecule has 0 aromatic rings. The predicted octanol–water partition coefficient (Wildman–Crippen LogP) is -1.38. The van der Waals surface area contributed by atoms with Gasteiger partial charge in [-0.3, -0.25) is 0 Å². The lowest BCUT2D eigenvalue weighted by Crippen LogP contribution is -2.97. The van der Waals surface area contributed by atoms with E-state index >= 15 is 0 Å². The van der Waals surface area contributed by atoms with Crippen LogP contribution in [0.1, 0.15) is 6.92 Å². The molecule has 7 heavy (non-hydrogen) atoms. The van der Waals surface area contributed by atoms with E-state index in [0.717, 1.165) is 0 Å². The van der Waals surface area contributed by atoms with Crippen LogP contribution in [0.15, 0.2) is 0 Å². The molecule has 4 nitrogen and oxygen atoms in total. The highest BCUT2D eigenvalue weighted by molar-refractivity contribution is 7.07. The van der Waals surface area contributed by atoms with Gasteiger partial charge in [0.1, 0.15) is 9.39 Å². The van der Waals surface area contributed by atoms with Gasteiger partial charge < -0.3 is 5.21 Å². The van der Waals surface area contributed by atoms with E-state index in [1.54, 1.807) is 0 Å². The van der Waals surface area contributed by atoms with Crippen LogP contribution in [-0.4, -0.2) is 6.54 Å². The zero-order valence-corrected chi connectivity index (χ0v) is 5.26. The molecule has 44 valence electrons. The molecule has 0 aliphatic carbocycles. The van der Waals surface area contributed by atoms with Gasteiger partial charge in [-0.1, -0.05) is 6.92 Å². The maximum Gasteiger partial charge on any atom is 0.109 e. The second-order valence-electron chi connectivity index (χ2n) is 0.919. The van der Waals surface area contributed by atoms with E-state index in [1.165, 1.54) is 0 Å². The predicted molar refractivity (Wildman–Crippen MR) is 28.8 cm³/mol. The van der Waals surface area contributed by atoms with Crippen molar-refractivity contribution in [2.75, 3.05) is 6.54 Å². The maximum atomic E-state index is 9.88. The van der Waals surface area contributed by atoms with Gasteiger partial charge in [0.05, 0.1) is 0 Å². The third kappa shape index (κ3) is 6.27. The van der Waals surface area contributed by atoms with Crippen molar-refractivity contribution in [2.45, 2.75) is 6.92 Å². The van der Waals surface area contributed by atoms with Crippen LogP contribution >= 0.6 is 9.39 Å². The van der Waals surface area contributed by atoms with Gasteiger partial charge in [-0.15, -0.1) is 10.4 Å². The summed E-state index contributed by atoms with van der Waals surface area (Å²) >= 11 is 0. The topological polar surface area (TPSA) is 48.8 Å². The second kappa shape index (κ2) is 4.43.